The molecule has 0 aromatic heterocycles. The number of rotatable bonds is 8. The van der Waals surface area contributed by atoms with Crippen LogP contribution in [0.25, 0.3) is 0 Å². The first-order chi connectivity index (χ1) is 11.2. The summed E-state index contributed by atoms with van der Waals surface area (Å²) in [5, 5.41) is 5.83. The Labute approximate surface area is 148 Å². The Kier molecular flexibility index (Phi) is 8.01. The largest absolute Gasteiger partial charge is 0.347 e. The summed E-state index contributed by atoms with van der Waals surface area (Å²) in [5.74, 6) is 0.614. The van der Waals surface area contributed by atoms with E-state index in [1.807, 2.05) is 58.2 Å². The lowest BCUT2D eigenvalue weighted by atomic mass is 10.1. The van der Waals surface area contributed by atoms with E-state index in [4.69, 9.17) is 0 Å². The molecule has 1 rings (SSSR count). The number of para-hydroxylation sites is 1. The minimum Gasteiger partial charge on any atom is -0.347 e. The first-order valence-corrected chi connectivity index (χ1v) is 8.94. The Bertz CT molecular complexity index is 582. The summed E-state index contributed by atoms with van der Waals surface area (Å²) in [6.07, 6.45) is 1.83. The van der Waals surface area contributed by atoms with Gasteiger partial charge in [-0.15, -0.1) is 18.3 Å². The van der Waals surface area contributed by atoms with Crippen LogP contribution in [0.4, 0.5) is 5.69 Å². The zero-order chi connectivity index (χ0) is 18.2. The van der Waals surface area contributed by atoms with Crippen LogP contribution in [-0.2, 0) is 9.59 Å². The average Bonchev–Trinajstić information content (AvgIpc) is 2.43. The lowest BCUT2D eigenvalue weighted by Gasteiger charge is -2.21. The van der Waals surface area contributed by atoms with Crippen LogP contribution in [0.2, 0.25) is 0 Å². The third-order valence-corrected chi connectivity index (χ3v) is 4.03. The summed E-state index contributed by atoms with van der Waals surface area (Å²) < 4.78 is 0. The highest BCUT2D eigenvalue weighted by Gasteiger charge is 2.19. The van der Waals surface area contributed by atoms with Crippen LogP contribution in [0, 0.1) is 0 Å². The van der Waals surface area contributed by atoms with Gasteiger partial charge in [-0.25, -0.2) is 0 Å². The minimum absolute atomic E-state index is 0.0604. The summed E-state index contributed by atoms with van der Waals surface area (Å²) in [6, 6.07) is 7.68. The van der Waals surface area contributed by atoms with Gasteiger partial charge in [0.1, 0.15) is 0 Å². The highest BCUT2D eigenvalue weighted by molar-refractivity contribution is 7.99. The Balaban J connectivity index is 2.54. The van der Waals surface area contributed by atoms with Gasteiger partial charge in [0.05, 0.1) is 12.7 Å². The quantitative estimate of drug-likeness (QED) is 0.490. The molecule has 1 aromatic carbocycles. The predicted molar refractivity (Wildman–Crippen MR) is 101 cm³/mol. The second kappa shape index (κ2) is 9.49. The van der Waals surface area contributed by atoms with E-state index in [0.717, 1.165) is 21.2 Å². The number of hydrogen-bond donors (Lipinski definition) is 3. The van der Waals surface area contributed by atoms with Crippen LogP contribution in [-0.4, -0.2) is 43.2 Å². The standard InChI is InChI=1S/C18H27N3O2S/c1-6-11-24-15-10-8-7-9-14(15)19-16(22)12-21(5)13-17(23)20-18(2,3)4/h6-10H,1,11-13H2,2-5H3,(H,19,22)(H,20,23)/p+1. The van der Waals surface area contributed by atoms with Crippen LogP contribution in [0.3, 0.4) is 0 Å². The molecule has 0 bridgehead atoms. The second-order valence-corrected chi connectivity index (χ2v) is 7.81. The number of anilines is 1. The zero-order valence-electron chi connectivity index (χ0n) is 14.9. The Morgan fingerprint density at radius 3 is 2.46 bits per heavy atom. The third-order valence-electron chi connectivity index (χ3n) is 2.96. The average molecular weight is 351 g/mol. The lowest BCUT2D eigenvalue weighted by Crippen LogP contribution is -3.11. The fraction of sp³-hybridized carbons (Fsp3) is 0.444. The van der Waals surface area contributed by atoms with E-state index in [1.54, 1.807) is 11.8 Å². The van der Waals surface area contributed by atoms with Crippen molar-refractivity contribution in [1.82, 2.24) is 5.32 Å². The Morgan fingerprint density at radius 2 is 1.83 bits per heavy atom. The van der Waals surface area contributed by atoms with Crippen molar-refractivity contribution in [2.45, 2.75) is 31.2 Å². The van der Waals surface area contributed by atoms with E-state index in [2.05, 4.69) is 17.2 Å². The predicted octanol–water partition coefficient (Wildman–Crippen LogP) is 1.33. The number of hydrogen-bond acceptors (Lipinski definition) is 3. The summed E-state index contributed by atoms with van der Waals surface area (Å²) >= 11 is 1.62. The van der Waals surface area contributed by atoms with Crippen molar-refractivity contribution < 1.29 is 14.5 Å². The second-order valence-electron chi connectivity index (χ2n) is 6.75. The first kappa shape index (κ1) is 20.3. The van der Waals surface area contributed by atoms with Crippen molar-refractivity contribution in [1.29, 1.82) is 0 Å². The lowest BCUT2D eigenvalue weighted by molar-refractivity contribution is -0.862. The van der Waals surface area contributed by atoms with Gasteiger partial charge < -0.3 is 15.5 Å². The van der Waals surface area contributed by atoms with Gasteiger partial charge in [-0.05, 0) is 32.9 Å². The molecule has 0 saturated carbocycles. The highest BCUT2D eigenvalue weighted by Crippen LogP contribution is 2.26. The maximum atomic E-state index is 12.2. The molecule has 0 radical (unpaired) electrons. The molecular formula is C18H28N3O2S+. The van der Waals surface area contributed by atoms with Gasteiger partial charge in [0, 0.05) is 16.2 Å². The topological polar surface area (TPSA) is 62.6 Å². The van der Waals surface area contributed by atoms with Crippen molar-refractivity contribution in [2.24, 2.45) is 0 Å². The normalized spacial score (nSPS) is 12.3. The van der Waals surface area contributed by atoms with Crippen LogP contribution in [0.5, 0.6) is 0 Å². The number of nitrogens with one attached hydrogen (secondary N) is 3. The van der Waals surface area contributed by atoms with E-state index in [9.17, 15) is 9.59 Å². The Morgan fingerprint density at radius 1 is 1.21 bits per heavy atom. The molecule has 6 heteroatoms. The van der Waals surface area contributed by atoms with E-state index in [0.29, 0.717) is 0 Å². The molecule has 1 atom stereocenters. The number of amides is 2. The van der Waals surface area contributed by atoms with Crippen molar-refractivity contribution in [3.8, 4) is 0 Å². The van der Waals surface area contributed by atoms with Gasteiger partial charge in [0.2, 0.25) is 0 Å². The number of carbonyl (C=O) groups is 2. The third kappa shape index (κ3) is 8.17. The molecule has 1 unspecified atom stereocenters. The van der Waals surface area contributed by atoms with Crippen molar-refractivity contribution in [3.63, 3.8) is 0 Å². The molecule has 0 saturated heterocycles. The molecule has 2 amide bonds. The van der Waals surface area contributed by atoms with Gasteiger partial charge in [-0.2, -0.15) is 0 Å². The molecule has 0 aliphatic carbocycles. The summed E-state index contributed by atoms with van der Waals surface area (Å²) in [4.78, 5) is 26.0. The van der Waals surface area contributed by atoms with E-state index in [1.165, 1.54) is 0 Å². The molecule has 0 fully saturated rings. The van der Waals surface area contributed by atoms with Gasteiger partial charge in [0.25, 0.3) is 11.8 Å². The van der Waals surface area contributed by atoms with Crippen molar-refractivity contribution in [2.75, 3.05) is 31.2 Å². The summed E-state index contributed by atoms with van der Waals surface area (Å²) in [6.45, 7) is 10.0. The highest BCUT2D eigenvalue weighted by atomic mass is 32.2. The molecule has 5 nitrogen and oxygen atoms in total. The fourth-order valence-electron chi connectivity index (χ4n) is 2.11. The number of thioether (sulfide) groups is 1. The molecule has 24 heavy (non-hydrogen) atoms. The number of carbonyl (C=O) groups excluding carboxylic acids is 2. The number of benzene rings is 1. The molecule has 0 aliphatic heterocycles. The zero-order valence-corrected chi connectivity index (χ0v) is 15.8. The Hall–Kier alpha value is -1.79. The van der Waals surface area contributed by atoms with Crippen molar-refractivity contribution >= 4 is 29.3 Å². The van der Waals surface area contributed by atoms with Crippen LogP contribution in [0.15, 0.2) is 41.8 Å². The maximum absolute atomic E-state index is 12.2. The van der Waals surface area contributed by atoms with E-state index >= 15 is 0 Å². The smallest absolute Gasteiger partial charge is 0.279 e. The van der Waals surface area contributed by atoms with Crippen molar-refractivity contribution in [3.05, 3.63) is 36.9 Å². The SMILES string of the molecule is C=CCSc1ccccc1NC(=O)C[NH+](C)CC(=O)NC(C)(C)C. The van der Waals surface area contributed by atoms with Crippen LogP contribution < -0.4 is 15.5 Å². The molecule has 132 valence electrons. The van der Waals surface area contributed by atoms with E-state index in [-0.39, 0.29) is 30.4 Å². The van der Waals surface area contributed by atoms with Gasteiger partial charge >= 0.3 is 0 Å². The van der Waals surface area contributed by atoms with Gasteiger partial charge in [-0.3, -0.25) is 9.59 Å². The minimum atomic E-state index is -0.263. The number of quaternary nitrogens is 1. The molecule has 0 heterocycles. The fourth-order valence-corrected chi connectivity index (χ4v) is 2.86. The molecule has 0 spiro atoms. The first-order valence-electron chi connectivity index (χ1n) is 7.96. The molecule has 1 aromatic rings. The summed E-state index contributed by atoms with van der Waals surface area (Å²) in [7, 11) is 1.83. The van der Waals surface area contributed by atoms with Gasteiger partial charge in [0.15, 0.2) is 13.1 Å². The summed E-state index contributed by atoms with van der Waals surface area (Å²) in [5.41, 5.74) is 0.530. The monoisotopic (exact) mass is 350 g/mol. The number of likely N-dealkylation sites (N-methyl/N-ethyl adjacent to an activating group) is 1. The molecular weight excluding hydrogens is 322 g/mol. The molecule has 0 aliphatic rings. The van der Waals surface area contributed by atoms with Crippen LogP contribution >= 0.6 is 11.8 Å². The molecule has 3 N–H and O–H groups in total. The van der Waals surface area contributed by atoms with Crippen LogP contribution in [0.1, 0.15) is 20.8 Å². The van der Waals surface area contributed by atoms with Gasteiger partial charge in [-0.1, -0.05) is 18.2 Å². The van der Waals surface area contributed by atoms with E-state index < -0.39 is 0 Å². The maximum Gasteiger partial charge on any atom is 0.279 e.